The Hall–Kier alpha value is -2.89. The molecule has 0 saturated heterocycles. The Bertz CT molecular complexity index is 811. The average Bonchev–Trinajstić information content (AvgIpc) is 2.92. The number of methoxy groups -OCH3 is 2. The minimum atomic E-state index is 0.421. The number of hydrogen-bond acceptors (Lipinski definition) is 5. The van der Waals surface area contributed by atoms with E-state index in [1.807, 2.05) is 0 Å². The highest BCUT2D eigenvalue weighted by molar-refractivity contribution is 5.87. The number of carbonyl (C=O) groups excluding carboxylic acids is 1. The summed E-state index contributed by atoms with van der Waals surface area (Å²) in [7, 11) is 3.15. The lowest BCUT2D eigenvalue weighted by molar-refractivity contribution is 0.111. The average molecular weight is 283 g/mol. The molecule has 0 radical (unpaired) electrons. The number of carbonyl (C=O) groups is 1. The van der Waals surface area contributed by atoms with Crippen LogP contribution in [0.15, 0.2) is 36.7 Å². The summed E-state index contributed by atoms with van der Waals surface area (Å²) in [4.78, 5) is 20.0. The number of benzene rings is 1. The highest BCUT2D eigenvalue weighted by Gasteiger charge is 2.18. The van der Waals surface area contributed by atoms with Crippen molar-refractivity contribution < 1.29 is 14.3 Å². The van der Waals surface area contributed by atoms with Gasteiger partial charge in [0.25, 0.3) is 0 Å². The topological polar surface area (TPSA) is 65.7 Å². The van der Waals surface area contributed by atoms with Gasteiger partial charge in [0.05, 0.1) is 14.2 Å². The van der Waals surface area contributed by atoms with Crippen molar-refractivity contribution in [2.24, 2.45) is 0 Å². The third kappa shape index (κ3) is 2.10. The quantitative estimate of drug-likeness (QED) is 0.687. The van der Waals surface area contributed by atoms with Crippen LogP contribution in [0.25, 0.3) is 17.0 Å². The van der Waals surface area contributed by atoms with Crippen molar-refractivity contribution in [1.82, 2.24) is 14.4 Å². The van der Waals surface area contributed by atoms with E-state index in [-0.39, 0.29) is 0 Å². The first-order chi connectivity index (χ1) is 10.3. The molecule has 0 aliphatic heterocycles. The van der Waals surface area contributed by atoms with Gasteiger partial charge in [0.1, 0.15) is 22.9 Å². The number of fused-ring (bicyclic) bond motifs is 1. The fourth-order valence-corrected chi connectivity index (χ4v) is 2.22. The number of hydrogen-bond donors (Lipinski definition) is 0. The Morgan fingerprint density at radius 2 is 2.10 bits per heavy atom. The molecule has 2 aromatic heterocycles. The summed E-state index contributed by atoms with van der Waals surface area (Å²) in [6, 6.07) is 7.10. The molecule has 6 heteroatoms. The van der Waals surface area contributed by atoms with Crippen molar-refractivity contribution in [3.05, 3.63) is 42.4 Å². The zero-order valence-electron chi connectivity index (χ0n) is 11.6. The molecular formula is C15H13N3O3. The van der Waals surface area contributed by atoms with Gasteiger partial charge in [0.15, 0.2) is 6.29 Å². The van der Waals surface area contributed by atoms with Gasteiger partial charge in [-0.15, -0.1) is 0 Å². The van der Waals surface area contributed by atoms with Crippen LogP contribution in [-0.2, 0) is 0 Å². The van der Waals surface area contributed by atoms with Crippen LogP contribution in [0.5, 0.6) is 11.5 Å². The van der Waals surface area contributed by atoms with Crippen LogP contribution in [0.1, 0.15) is 10.5 Å². The number of aromatic nitrogens is 3. The predicted octanol–water partition coefficient (Wildman–Crippen LogP) is 2.23. The largest absolute Gasteiger partial charge is 0.497 e. The van der Waals surface area contributed by atoms with Crippen molar-refractivity contribution in [2.45, 2.75) is 0 Å². The first-order valence-electron chi connectivity index (χ1n) is 6.29. The zero-order chi connectivity index (χ0) is 14.8. The Kier molecular flexibility index (Phi) is 3.27. The molecule has 1 aromatic carbocycles. The van der Waals surface area contributed by atoms with Crippen LogP contribution in [-0.4, -0.2) is 34.9 Å². The first-order valence-corrected chi connectivity index (χ1v) is 6.29. The monoisotopic (exact) mass is 283 g/mol. The fraction of sp³-hybridized carbons (Fsp3) is 0.133. The van der Waals surface area contributed by atoms with E-state index in [1.54, 1.807) is 55.3 Å². The molecule has 6 nitrogen and oxygen atoms in total. The number of rotatable bonds is 4. The van der Waals surface area contributed by atoms with Gasteiger partial charge in [0, 0.05) is 18.0 Å². The van der Waals surface area contributed by atoms with Crippen LogP contribution in [0, 0.1) is 0 Å². The molecule has 0 fully saturated rings. The van der Waals surface area contributed by atoms with Crippen molar-refractivity contribution >= 4 is 12.1 Å². The van der Waals surface area contributed by atoms with E-state index < -0.39 is 0 Å². The zero-order valence-corrected chi connectivity index (χ0v) is 11.6. The van der Waals surface area contributed by atoms with Gasteiger partial charge in [-0.25, -0.2) is 9.97 Å². The van der Waals surface area contributed by atoms with Gasteiger partial charge in [-0.05, 0) is 24.3 Å². The minimum Gasteiger partial charge on any atom is -0.497 e. The van der Waals surface area contributed by atoms with Gasteiger partial charge in [-0.3, -0.25) is 9.20 Å². The van der Waals surface area contributed by atoms with Gasteiger partial charge < -0.3 is 9.47 Å². The van der Waals surface area contributed by atoms with E-state index in [0.29, 0.717) is 34.2 Å². The molecule has 0 unspecified atom stereocenters. The number of ether oxygens (including phenoxy) is 2. The van der Waals surface area contributed by atoms with E-state index in [9.17, 15) is 4.79 Å². The minimum absolute atomic E-state index is 0.421. The smallest absolute Gasteiger partial charge is 0.234 e. The summed E-state index contributed by atoms with van der Waals surface area (Å²) < 4.78 is 12.2. The standard InChI is InChI=1S/C15H13N3O3/c1-20-10-4-5-13(21-2)11(8-10)14-12(9-19)18-7-3-6-16-15(18)17-14/h3-9H,1-2H3. The lowest BCUT2D eigenvalue weighted by Crippen LogP contribution is -1.95. The van der Waals surface area contributed by atoms with E-state index in [4.69, 9.17) is 9.47 Å². The van der Waals surface area contributed by atoms with Crippen molar-refractivity contribution in [2.75, 3.05) is 14.2 Å². The number of aldehydes is 1. The molecule has 0 N–H and O–H groups in total. The summed E-state index contributed by atoms with van der Waals surface area (Å²) in [6.07, 6.45) is 4.13. The summed E-state index contributed by atoms with van der Waals surface area (Å²) in [5.74, 6) is 1.73. The SMILES string of the molecule is COc1ccc(OC)c(-c2nc3ncccn3c2C=O)c1. The summed E-state index contributed by atoms with van der Waals surface area (Å²) in [6.45, 7) is 0. The number of imidazole rings is 1. The van der Waals surface area contributed by atoms with Crippen LogP contribution in [0.3, 0.4) is 0 Å². The predicted molar refractivity (Wildman–Crippen MR) is 76.9 cm³/mol. The van der Waals surface area contributed by atoms with Crippen LogP contribution >= 0.6 is 0 Å². The Morgan fingerprint density at radius 1 is 1.24 bits per heavy atom. The fourth-order valence-electron chi connectivity index (χ4n) is 2.22. The molecule has 3 aromatic rings. The second-order valence-corrected chi connectivity index (χ2v) is 4.32. The second-order valence-electron chi connectivity index (χ2n) is 4.32. The van der Waals surface area contributed by atoms with E-state index in [0.717, 1.165) is 6.29 Å². The van der Waals surface area contributed by atoms with Gasteiger partial charge in [0.2, 0.25) is 5.78 Å². The maximum Gasteiger partial charge on any atom is 0.234 e. The lowest BCUT2D eigenvalue weighted by Gasteiger charge is -2.09. The highest BCUT2D eigenvalue weighted by atomic mass is 16.5. The highest BCUT2D eigenvalue weighted by Crippen LogP contribution is 2.34. The third-order valence-corrected chi connectivity index (χ3v) is 3.21. The first kappa shape index (κ1) is 13.1. The van der Waals surface area contributed by atoms with Gasteiger partial charge in [-0.2, -0.15) is 0 Å². The maximum atomic E-state index is 11.5. The molecule has 0 bridgehead atoms. The number of nitrogens with zero attached hydrogens (tertiary/aromatic N) is 3. The van der Waals surface area contributed by atoms with Gasteiger partial charge in [-0.1, -0.05) is 0 Å². The summed E-state index contributed by atoms with van der Waals surface area (Å²) in [5, 5.41) is 0. The molecule has 3 rings (SSSR count). The van der Waals surface area contributed by atoms with Crippen molar-refractivity contribution in [1.29, 1.82) is 0 Å². The van der Waals surface area contributed by atoms with Gasteiger partial charge >= 0.3 is 0 Å². The molecule has 0 spiro atoms. The van der Waals surface area contributed by atoms with E-state index >= 15 is 0 Å². The molecule has 0 aliphatic rings. The molecule has 0 aliphatic carbocycles. The molecule has 2 heterocycles. The molecule has 0 atom stereocenters. The lowest BCUT2D eigenvalue weighted by atomic mass is 10.1. The van der Waals surface area contributed by atoms with Crippen molar-refractivity contribution in [3.63, 3.8) is 0 Å². The van der Waals surface area contributed by atoms with Crippen LogP contribution in [0.4, 0.5) is 0 Å². The molecular weight excluding hydrogens is 270 g/mol. The maximum absolute atomic E-state index is 11.5. The van der Waals surface area contributed by atoms with Crippen LogP contribution < -0.4 is 9.47 Å². The third-order valence-electron chi connectivity index (χ3n) is 3.21. The van der Waals surface area contributed by atoms with E-state index in [2.05, 4.69) is 9.97 Å². The van der Waals surface area contributed by atoms with Crippen LogP contribution in [0.2, 0.25) is 0 Å². The second kappa shape index (κ2) is 5.24. The normalized spacial score (nSPS) is 10.6. The molecule has 0 saturated carbocycles. The Labute approximate surface area is 121 Å². The van der Waals surface area contributed by atoms with Crippen molar-refractivity contribution in [3.8, 4) is 22.8 Å². The molecule has 0 amide bonds. The Balaban J connectivity index is 2.31. The Morgan fingerprint density at radius 3 is 2.81 bits per heavy atom. The van der Waals surface area contributed by atoms with E-state index in [1.165, 1.54) is 0 Å². The molecule has 106 valence electrons. The summed E-state index contributed by atoms with van der Waals surface area (Å²) >= 11 is 0. The summed E-state index contributed by atoms with van der Waals surface area (Å²) in [5.41, 5.74) is 1.62. The molecule has 21 heavy (non-hydrogen) atoms.